The number of aromatic amines is 1. The lowest BCUT2D eigenvalue weighted by Gasteiger charge is -2.30. The van der Waals surface area contributed by atoms with Gasteiger partial charge in [-0.25, -0.2) is 4.79 Å². The molecule has 4 rings (SSSR count). The smallest absolute Gasteiger partial charge is 0.393 e. The molecule has 310 valence electrons. The number of nitrogens with one attached hydrogen (secondary N) is 2. The standard InChI is InChI=1S/C46H65ClF3N3O3/c1-6-9-15-34(13-7-2)35(14-8-3)24-20-31(4)44(55)36(28-33-29-39(46(48,49)50)43(51-5)40(47)30-33)16-12-17-38(54)27-23-32-21-25-37(26-22-32)53-42-19-11-10-18-41(42)52-45(53)56/h6,10-11,18-19,29-30,32,34-38,51,54H,1,4,7-9,12-17,20-28H2,2-3,5H3,(H,52,56)/t32?,34?,35?,36-,37?,38?/m1/s1. The van der Waals surface area contributed by atoms with E-state index in [-0.39, 0.29) is 34.6 Å². The Morgan fingerprint density at radius 2 is 1.70 bits per heavy atom. The maximum Gasteiger partial charge on any atom is 0.418 e. The van der Waals surface area contributed by atoms with Gasteiger partial charge in [-0.3, -0.25) is 9.36 Å². The molecule has 1 fully saturated rings. The highest BCUT2D eigenvalue weighted by Crippen LogP contribution is 2.41. The van der Waals surface area contributed by atoms with E-state index >= 15 is 0 Å². The molecular formula is C46H65ClF3N3O3. The van der Waals surface area contributed by atoms with Gasteiger partial charge in [0.15, 0.2) is 5.78 Å². The topological polar surface area (TPSA) is 87.1 Å². The summed E-state index contributed by atoms with van der Waals surface area (Å²) in [4.78, 5) is 29.8. The molecule has 4 atom stereocenters. The summed E-state index contributed by atoms with van der Waals surface area (Å²) in [6, 6.07) is 10.6. The minimum absolute atomic E-state index is 0.0378. The van der Waals surface area contributed by atoms with Crippen molar-refractivity contribution in [3.8, 4) is 0 Å². The summed E-state index contributed by atoms with van der Waals surface area (Å²) in [6.45, 7) is 12.5. The van der Waals surface area contributed by atoms with Crippen molar-refractivity contribution in [2.24, 2.45) is 23.7 Å². The number of carbonyl (C=O) groups is 1. The van der Waals surface area contributed by atoms with Crippen LogP contribution >= 0.6 is 11.6 Å². The van der Waals surface area contributed by atoms with E-state index in [0.29, 0.717) is 61.0 Å². The lowest BCUT2D eigenvalue weighted by Crippen LogP contribution is -2.26. The van der Waals surface area contributed by atoms with Crippen LogP contribution in [0.25, 0.3) is 11.0 Å². The molecule has 0 amide bonds. The Bertz CT molecular complexity index is 1770. The molecule has 1 aromatic heterocycles. The van der Waals surface area contributed by atoms with Gasteiger partial charge >= 0.3 is 11.9 Å². The fraction of sp³-hybridized carbons (Fsp3) is 0.609. The van der Waals surface area contributed by atoms with E-state index in [1.165, 1.54) is 13.1 Å². The van der Waals surface area contributed by atoms with Crippen LogP contribution in [-0.2, 0) is 17.4 Å². The number of hydrogen-bond acceptors (Lipinski definition) is 4. The number of aromatic nitrogens is 2. The number of benzene rings is 2. The van der Waals surface area contributed by atoms with Crippen LogP contribution in [0.5, 0.6) is 0 Å². The molecule has 3 N–H and O–H groups in total. The average Bonchev–Trinajstić information content (AvgIpc) is 3.51. The first-order chi connectivity index (χ1) is 26.8. The third kappa shape index (κ3) is 12.6. The van der Waals surface area contributed by atoms with Crippen LogP contribution in [0.3, 0.4) is 0 Å². The summed E-state index contributed by atoms with van der Waals surface area (Å²) in [5, 5.41) is 13.6. The summed E-state index contributed by atoms with van der Waals surface area (Å²) in [7, 11) is 1.41. The van der Waals surface area contributed by atoms with Crippen molar-refractivity contribution in [1.82, 2.24) is 9.55 Å². The molecule has 1 aliphatic carbocycles. The highest BCUT2D eigenvalue weighted by Gasteiger charge is 2.35. The summed E-state index contributed by atoms with van der Waals surface area (Å²) in [5.74, 6) is 0.795. The van der Waals surface area contributed by atoms with Gasteiger partial charge in [0.25, 0.3) is 0 Å². The molecule has 56 heavy (non-hydrogen) atoms. The molecule has 0 aliphatic heterocycles. The number of ketones is 1. The van der Waals surface area contributed by atoms with E-state index in [0.717, 1.165) is 94.1 Å². The van der Waals surface area contributed by atoms with Crippen molar-refractivity contribution in [2.45, 2.75) is 148 Å². The number of carbonyl (C=O) groups excluding carboxylic acids is 1. The number of Topliss-reactive ketones (excluding diaryl/α,β-unsaturated/α-hetero) is 1. The van der Waals surface area contributed by atoms with Crippen LogP contribution in [0.15, 0.2) is 66.0 Å². The number of aliphatic hydroxyl groups is 1. The van der Waals surface area contributed by atoms with Gasteiger partial charge in [-0.05, 0) is 137 Å². The maximum atomic E-state index is 14.1. The number of H-pyrrole nitrogens is 1. The lowest BCUT2D eigenvalue weighted by atomic mass is 9.78. The highest BCUT2D eigenvalue weighted by molar-refractivity contribution is 6.33. The molecule has 1 aliphatic rings. The number of halogens is 4. The number of nitrogens with zero attached hydrogens (tertiary/aromatic N) is 1. The zero-order chi connectivity index (χ0) is 40.8. The van der Waals surface area contributed by atoms with Crippen molar-refractivity contribution in [1.29, 1.82) is 0 Å². The number of rotatable bonds is 24. The molecule has 0 bridgehead atoms. The quantitative estimate of drug-likeness (QED) is 0.0622. The van der Waals surface area contributed by atoms with Gasteiger partial charge < -0.3 is 15.4 Å². The molecule has 0 saturated heterocycles. The zero-order valence-corrected chi connectivity index (χ0v) is 34.6. The van der Waals surface area contributed by atoms with E-state index in [4.69, 9.17) is 11.6 Å². The Morgan fingerprint density at radius 3 is 2.34 bits per heavy atom. The molecule has 3 unspecified atom stereocenters. The van der Waals surface area contributed by atoms with Crippen LogP contribution < -0.4 is 11.0 Å². The lowest BCUT2D eigenvalue weighted by molar-refractivity contribution is -0.137. The van der Waals surface area contributed by atoms with Crippen LogP contribution in [0.1, 0.15) is 140 Å². The largest absolute Gasteiger partial charge is 0.418 e. The van der Waals surface area contributed by atoms with Gasteiger partial charge in [-0.1, -0.05) is 82.3 Å². The minimum atomic E-state index is -4.62. The van der Waals surface area contributed by atoms with Crippen LogP contribution in [-0.4, -0.2) is 33.6 Å². The van der Waals surface area contributed by atoms with E-state index in [2.05, 4.69) is 37.3 Å². The Hall–Kier alpha value is -3.30. The average molecular weight is 800 g/mol. The number of aliphatic hydroxyl groups excluding tert-OH is 1. The van der Waals surface area contributed by atoms with E-state index < -0.39 is 23.8 Å². The maximum absolute atomic E-state index is 14.1. The fourth-order valence-corrected chi connectivity index (χ4v) is 9.58. The summed E-state index contributed by atoms with van der Waals surface area (Å²) in [5.41, 5.74) is 1.58. The number of hydrogen-bond donors (Lipinski definition) is 3. The zero-order valence-electron chi connectivity index (χ0n) is 33.9. The van der Waals surface area contributed by atoms with Gasteiger partial charge in [-0.15, -0.1) is 6.58 Å². The number of alkyl halides is 3. The minimum Gasteiger partial charge on any atom is -0.393 e. The van der Waals surface area contributed by atoms with Crippen molar-refractivity contribution in [3.05, 3.63) is 87.8 Å². The van der Waals surface area contributed by atoms with Gasteiger partial charge in [0, 0.05) is 19.0 Å². The predicted octanol–water partition coefficient (Wildman–Crippen LogP) is 12.6. The summed E-state index contributed by atoms with van der Waals surface area (Å²) < 4.78 is 44.1. The second-order valence-electron chi connectivity index (χ2n) is 16.3. The second kappa shape index (κ2) is 22.0. The number of para-hydroxylation sites is 2. The first-order valence-electron chi connectivity index (χ1n) is 21.1. The van der Waals surface area contributed by atoms with Crippen molar-refractivity contribution < 1.29 is 23.1 Å². The van der Waals surface area contributed by atoms with Gasteiger partial charge in [0.2, 0.25) is 0 Å². The second-order valence-corrected chi connectivity index (χ2v) is 16.7. The predicted molar refractivity (Wildman–Crippen MR) is 225 cm³/mol. The number of allylic oxidation sites excluding steroid dienone is 2. The highest BCUT2D eigenvalue weighted by atomic mass is 35.5. The number of fused-ring (bicyclic) bond motifs is 1. The summed E-state index contributed by atoms with van der Waals surface area (Å²) >= 11 is 6.36. The Kier molecular flexibility index (Phi) is 17.8. The van der Waals surface area contributed by atoms with Crippen LogP contribution in [0, 0.1) is 23.7 Å². The van der Waals surface area contributed by atoms with Crippen molar-refractivity contribution in [3.63, 3.8) is 0 Å². The van der Waals surface area contributed by atoms with Gasteiger partial charge in [-0.2, -0.15) is 13.2 Å². The van der Waals surface area contributed by atoms with E-state index in [1.54, 1.807) is 0 Å². The Morgan fingerprint density at radius 1 is 1.02 bits per heavy atom. The van der Waals surface area contributed by atoms with E-state index in [9.17, 15) is 27.9 Å². The molecule has 1 saturated carbocycles. The molecule has 3 aromatic rings. The van der Waals surface area contributed by atoms with E-state index in [1.807, 2.05) is 34.9 Å². The molecular weight excluding hydrogens is 735 g/mol. The van der Waals surface area contributed by atoms with Crippen molar-refractivity contribution >= 4 is 34.1 Å². The molecule has 0 spiro atoms. The fourth-order valence-electron chi connectivity index (χ4n) is 9.25. The molecule has 1 heterocycles. The first kappa shape index (κ1) is 45.4. The third-order valence-corrected chi connectivity index (χ3v) is 12.6. The summed E-state index contributed by atoms with van der Waals surface area (Å²) in [6.07, 6.45) is 11.6. The Labute approximate surface area is 337 Å². The number of anilines is 1. The van der Waals surface area contributed by atoms with Gasteiger partial charge in [0.1, 0.15) is 0 Å². The molecule has 6 nitrogen and oxygen atoms in total. The molecule has 0 radical (unpaired) electrons. The molecule has 10 heteroatoms. The van der Waals surface area contributed by atoms with Crippen LogP contribution in [0.4, 0.5) is 18.9 Å². The monoisotopic (exact) mass is 799 g/mol. The normalized spacial score (nSPS) is 18.4. The van der Waals surface area contributed by atoms with Gasteiger partial charge in [0.05, 0.1) is 33.4 Å². The Balaban J connectivity index is 1.38. The van der Waals surface area contributed by atoms with Crippen LogP contribution in [0.2, 0.25) is 5.02 Å². The third-order valence-electron chi connectivity index (χ3n) is 12.3. The number of imidazole rings is 1. The SMILES string of the molecule is C=CCCC(CCC)C(CCC)CCC(=C)C(=O)[C@H](CCCC(O)CCC1CCC(n2c(=O)[nH]c3ccccc32)CC1)Cc1cc(Cl)c(NC)c(C(F)(F)F)c1. The van der Waals surface area contributed by atoms with Crippen molar-refractivity contribution in [2.75, 3.05) is 12.4 Å². The molecule has 2 aromatic carbocycles. The first-order valence-corrected chi connectivity index (χ1v) is 21.5.